The Labute approximate surface area is 308 Å². The number of rotatable bonds is 7. The number of halogens is 3. The maximum absolute atomic E-state index is 13.3. The Kier molecular flexibility index (Phi) is 9.22. The molecule has 2 aliphatic heterocycles. The lowest BCUT2D eigenvalue weighted by atomic mass is 9.72. The van der Waals surface area contributed by atoms with Gasteiger partial charge in [-0.15, -0.1) is 11.3 Å². The smallest absolute Gasteiger partial charge is 0.394 e. The Morgan fingerprint density at radius 3 is 2.43 bits per heavy atom. The fourth-order valence-corrected chi connectivity index (χ4v) is 8.93. The predicted molar refractivity (Wildman–Crippen MR) is 205 cm³/mol. The number of benzene rings is 4. The SMILES string of the molecule is CC(C)(C)CN1CCC2(CC1)CN(c1ccccc1NC(=O)Nc1ccc(OC(C)(F)F)cc1)c1c(O)ccc(-c3nc4ccc(Br)cc4s3)c12. The summed E-state index contributed by atoms with van der Waals surface area (Å²) in [4.78, 5) is 23.1. The number of nitrogens with one attached hydrogen (secondary N) is 2. The van der Waals surface area contributed by atoms with E-state index in [1.54, 1.807) is 17.4 Å². The second-order valence-electron chi connectivity index (χ2n) is 14.7. The van der Waals surface area contributed by atoms with Gasteiger partial charge in [0.2, 0.25) is 0 Å². The van der Waals surface area contributed by atoms with Gasteiger partial charge in [0, 0.05) is 41.2 Å². The molecule has 1 aromatic heterocycles. The number of alkyl halides is 2. The lowest BCUT2D eigenvalue weighted by Gasteiger charge is -2.42. The molecule has 1 spiro atoms. The van der Waals surface area contributed by atoms with Crippen LogP contribution in [0.25, 0.3) is 20.8 Å². The van der Waals surface area contributed by atoms with Crippen LogP contribution in [-0.4, -0.2) is 53.3 Å². The summed E-state index contributed by atoms with van der Waals surface area (Å²) in [5.41, 5.74) is 5.39. The maximum Gasteiger partial charge on any atom is 0.394 e. The Hall–Kier alpha value is -4.26. The van der Waals surface area contributed by atoms with E-state index in [-0.39, 0.29) is 22.3 Å². The van der Waals surface area contributed by atoms with Gasteiger partial charge in [-0.3, -0.25) is 0 Å². The molecule has 3 N–H and O–H groups in total. The lowest BCUT2D eigenvalue weighted by Crippen LogP contribution is -2.47. The summed E-state index contributed by atoms with van der Waals surface area (Å²) in [6.45, 7) is 10.9. The van der Waals surface area contributed by atoms with E-state index in [4.69, 9.17) is 4.98 Å². The van der Waals surface area contributed by atoms with Crippen molar-refractivity contribution in [3.05, 3.63) is 88.9 Å². The average Bonchev–Trinajstić information content (AvgIpc) is 3.62. The summed E-state index contributed by atoms with van der Waals surface area (Å²) >= 11 is 5.24. The van der Waals surface area contributed by atoms with Crippen molar-refractivity contribution in [1.82, 2.24) is 9.88 Å². The van der Waals surface area contributed by atoms with Crippen LogP contribution in [0, 0.1) is 5.41 Å². The van der Waals surface area contributed by atoms with Gasteiger partial charge < -0.3 is 30.3 Å². The molecule has 2 aliphatic rings. The van der Waals surface area contributed by atoms with Crippen molar-refractivity contribution in [2.45, 2.75) is 52.1 Å². The summed E-state index contributed by atoms with van der Waals surface area (Å²) in [5.74, 6) is 0.161. The number of para-hydroxylation sites is 2. The zero-order valence-corrected chi connectivity index (χ0v) is 31.3. The number of aromatic hydroxyl groups is 1. The summed E-state index contributed by atoms with van der Waals surface area (Å²) < 4.78 is 33.2. The summed E-state index contributed by atoms with van der Waals surface area (Å²) in [7, 11) is 0. The van der Waals surface area contributed by atoms with E-state index in [9.17, 15) is 18.7 Å². The van der Waals surface area contributed by atoms with E-state index in [2.05, 4.69) is 67.9 Å². The van der Waals surface area contributed by atoms with E-state index < -0.39 is 12.1 Å². The molecule has 0 bridgehead atoms. The molecule has 8 nitrogen and oxygen atoms in total. The third-order valence-corrected chi connectivity index (χ3v) is 10.9. The number of hydrogen-bond donors (Lipinski definition) is 3. The van der Waals surface area contributed by atoms with Crippen LogP contribution >= 0.6 is 27.3 Å². The molecule has 5 aromatic rings. The Morgan fingerprint density at radius 2 is 1.73 bits per heavy atom. The lowest BCUT2D eigenvalue weighted by molar-refractivity contribution is -0.158. The molecular weight excluding hydrogens is 736 g/mol. The highest BCUT2D eigenvalue weighted by molar-refractivity contribution is 9.10. The number of likely N-dealkylation sites (tertiary alicyclic amines) is 1. The van der Waals surface area contributed by atoms with Gasteiger partial charge in [0.25, 0.3) is 0 Å². The van der Waals surface area contributed by atoms with Crippen LogP contribution in [0.4, 0.5) is 36.3 Å². The monoisotopic (exact) mass is 775 g/mol. The number of nitrogens with zero attached hydrogens (tertiary/aromatic N) is 3. The van der Waals surface area contributed by atoms with Crippen LogP contribution in [0.5, 0.6) is 11.5 Å². The van der Waals surface area contributed by atoms with Gasteiger partial charge in [0.1, 0.15) is 16.5 Å². The topological polar surface area (TPSA) is 90.0 Å². The zero-order valence-electron chi connectivity index (χ0n) is 28.9. The Bertz CT molecular complexity index is 2090. The summed E-state index contributed by atoms with van der Waals surface area (Å²) in [6, 6.07) is 22.7. The number of ether oxygens (including phenoxy) is 1. The number of fused-ring (bicyclic) bond motifs is 3. The fourth-order valence-electron chi connectivity index (χ4n) is 7.38. The van der Waals surface area contributed by atoms with Gasteiger partial charge in [0.15, 0.2) is 0 Å². The number of phenolic OH excluding ortho intramolecular Hbond substituents is 1. The number of phenols is 1. The Balaban J connectivity index is 1.24. The van der Waals surface area contributed by atoms with Crippen LogP contribution < -0.4 is 20.3 Å². The molecule has 0 radical (unpaired) electrons. The van der Waals surface area contributed by atoms with E-state index >= 15 is 0 Å². The molecule has 266 valence electrons. The van der Waals surface area contributed by atoms with Crippen LogP contribution in [0.1, 0.15) is 46.1 Å². The van der Waals surface area contributed by atoms with Crippen molar-refractivity contribution in [3.8, 4) is 22.1 Å². The number of aromatic nitrogens is 1. The molecule has 51 heavy (non-hydrogen) atoms. The number of carbonyl (C=O) groups is 1. The number of anilines is 4. The van der Waals surface area contributed by atoms with Crippen LogP contribution in [0.2, 0.25) is 0 Å². The minimum absolute atomic E-state index is 0.0115. The van der Waals surface area contributed by atoms with E-state index in [0.29, 0.717) is 24.8 Å². The van der Waals surface area contributed by atoms with Crippen molar-refractivity contribution in [1.29, 1.82) is 0 Å². The second kappa shape index (κ2) is 13.4. The highest BCUT2D eigenvalue weighted by Crippen LogP contribution is 2.57. The molecule has 7 rings (SSSR count). The molecule has 0 aliphatic carbocycles. The summed E-state index contributed by atoms with van der Waals surface area (Å²) in [5, 5.41) is 18.3. The normalized spacial score (nSPS) is 16.0. The van der Waals surface area contributed by atoms with Gasteiger partial charge in [0.05, 0.1) is 27.3 Å². The molecule has 12 heteroatoms. The van der Waals surface area contributed by atoms with Crippen molar-refractivity contribution >= 4 is 66.3 Å². The molecule has 0 saturated carbocycles. The first-order valence-corrected chi connectivity index (χ1v) is 18.5. The summed E-state index contributed by atoms with van der Waals surface area (Å²) in [6.07, 6.45) is -1.51. The average molecular weight is 777 g/mol. The van der Waals surface area contributed by atoms with Crippen molar-refractivity contribution < 1.29 is 23.4 Å². The molecule has 0 atom stereocenters. The zero-order chi connectivity index (χ0) is 36.1. The number of thiazole rings is 1. The van der Waals surface area contributed by atoms with Gasteiger partial charge in [-0.1, -0.05) is 48.8 Å². The molecule has 2 amide bonds. The minimum Gasteiger partial charge on any atom is -0.506 e. The molecule has 1 fully saturated rings. The first-order valence-electron chi connectivity index (χ1n) is 16.9. The molecule has 1 saturated heterocycles. The Morgan fingerprint density at radius 1 is 1.00 bits per heavy atom. The highest BCUT2D eigenvalue weighted by atomic mass is 79.9. The highest BCUT2D eigenvalue weighted by Gasteiger charge is 2.49. The van der Waals surface area contributed by atoms with Gasteiger partial charge in [-0.05, 0) is 104 Å². The third-order valence-electron chi connectivity index (χ3n) is 9.36. The van der Waals surface area contributed by atoms with E-state index in [1.165, 1.54) is 24.3 Å². The largest absolute Gasteiger partial charge is 0.506 e. The van der Waals surface area contributed by atoms with Crippen LogP contribution in [-0.2, 0) is 5.41 Å². The molecule has 4 aromatic carbocycles. The van der Waals surface area contributed by atoms with Crippen LogP contribution in [0.15, 0.2) is 83.3 Å². The third kappa shape index (κ3) is 7.54. The molecule has 0 unspecified atom stereocenters. The van der Waals surface area contributed by atoms with Crippen molar-refractivity contribution in [2.75, 3.05) is 41.7 Å². The standard InChI is InChI=1S/C39H40BrF2N5O3S/c1-37(2,3)22-46-19-17-39(18-20-46)23-47(34-31(48)16-14-27(33(34)39)35-44-29-15-9-24(40)21-32(29)51-35)30-8-6-5-7-28(30)45-36(49)43-25-10-12-26(13-11-25)50-38(4,41)42/h5-16,21,48H,17-20,22-23H2,1-4H3,(H2,43,45,49). The number of piperidine rings is 1. The van der Waals surface area contributed by atoms with Gasteiger partial charge in [-0.2, -0.15) is 8.78 Å². The number of carbonyl (C=O) groups excluding carboxylic acids is 1. The quantitative estimate of drug-likeness (QED) is 0.153. The van der Waals surface area contributed by atoms with E-state index in [1.807, 2.05) is 42.5 Å². The number of amides is 2. The van der Waals surface area contributed by atoms with Crippen molar-refractivity contribution in [3.63, 3.8) is 0 Å². The number of hydrogen-bond acceptors (Lipinski definition) is 7. The minimum atomic E-state index is -3.31. The van der Waals surface area contributed by atoms with E-state index in [0.717, 1.165) is 74.7 Å². The first-order chi connectivity index (χ1) is 24.2. The number of urea groups is 1. The van der Waals surface area contributed by atoms with Crippen molar-refractivity contribution in [2.24, 2.45) is 5.41 Å². The molecular formula is C39H40BrF2N5O3S. The first kappa shape index (κ1) is 35.2. The predicted octanol–water partition coefficient (Wildman–Crippen LogP) is 10.6. The van der Waals surface area contributed by atoms with Crippen LogP contribution in [0.3, 0.4) is 0 Å². The van der Waals surface area contributed by atoms with Gasteiger partial charge in [-0.25, -0.2) is 9.78 Å². The maximum atomic E-state index is 13.3. The fraction of sp³-hybridized carbons (Fsp3) is 0.333. The second-order valence-corrected chi connectivity index (χ2v) is 16.7. The van der Waals surface area contributed by atoms with Gasteiger partial charge >= 0.3 is 12.1 Å². The molecule has 3 heterocycles.